The number of nitrogens with zero attached hydrogens (tertiary/aromatic N) is 1. The molecule has 1 heterocycles. The number of rotatable bonds is 5. The van der Waals surface area contributed by atoms with Crippen molar-refractivity contribution in [3.05, 3.63) is 70.2 Å². The normalized spacial score (nSPS) is 16.5. The first-order valence-electron chi connectivity index (χ1n) is 9.72. The molecule has 148 valence electrons. The van der Waals surface area contributed by atoms with Crippen molar-refractivity contribution in [2.24, 2.45) is 0 Å². The number of carbonyl (C=O) groups excluding carboxylic acids is 2. The number of likely N-dealkylation sites (tertiary alicyclic amines) is 1. The molecular weight excluding hydrogens is 374 g/mol. The van der Waals surface area contributed by atoms with Crippen molar-refractivity contribution in [1.82, 2.24) is 15.5 Å². The summed E-state index contributed by atoms with van der Waals surface area (Å²) >= 11 is 5.89. The van der Waals surface area contributed by atoms with Crippen molar-refractivity contribution in [3.63, 3.8) is 0 Å². The zero-order chi connectivity index (χ0) is 19.9. The molecule has 3 amide bonds. The molecule has 0 aliphatic carbocycles. The maximum atomic E-state index is 12.6. The van der Waals surface area contributed by atoms with Gasteiger partial charge >= 0.3 is 6.03 Å². The van der Waals surface area contributed by atoms with Crippen molar-refractivity contribution >= 4 is 23.5 Å². The fourth-order valence-electron chi connectivity index (χ4n) is 3.52. The molecule has 0 radical (unpaired) electrons. The second-order valence-electron chi connectivity index (χ2n) is 7.06. The summed E-state index contributed by atoms with van der Waals surface area (Å²) in [6.07, 6.45) is 1.99. The molecule has 2 aromatic rings. The van der Waals surface area contributed by atoms with Crippen LogP contribution < -0.4 is 10.6 Å². The molecule has 5 nitrogen and oxygen atoms in total. The summed E-state index contributed by atoms with van der Waals surface area (Å²) in [5, 5.41) is 6.50. The monoisotopic (exact) mass is 399 g/mol. The molecule has 1 aliphatic rings. The summed E-state index contributed by atoms with van der Waals surface area (Å²) in [5.41, 5.74) is 2.74. The van der Waals surface area contributed by atoms with E-state index in [1.54, 1.807) is 0 Å². The van der Waals surface area contributed by atoms with Gasteiger partial charge in [0.05, 0.1) is 0 Å². The third kappa shape index (κ3) is 5.26. The number of nitrogens with one attached hydrogen (secondary N) is 2. The molecule has 1 fully saturated rings. The van der Waals surface area contributed by atoms with Gasteiger partial charge in [0.25, 0.3) is 5.91 Å². The Balaban J connectivity index is 1.63. The van der Waals surface area contributed by atoms with Crippen LogP contribution in [0, 0.1) is 0 Å². The van der Waals surface area contributed by atoms with E-state index in [0.29, 0.717) is 30.2 Å². The van der Waals surface area contributed by atoms with E-state index in [2.05, 4.69) is 10.6 Å². The number of carbonyl (C=O) groups is 2. The molecule has 0 aromatic heterocycles. The molecule has 1 atom stereocenters. The minimum Gasteiger partial charge on any atom is -0.348 e. The summed E-state index contributed by atoms with van der Waals surface area (Å²) in [6.45, 7) is 4.47. The van der Waals surface area contributed by atoms with Crippen LogP contribution >= 0.6 is 11.6 Å². The number of amides is 3. The van der Waals surface area contributed by atoms with Crippen molar-refractivity contribution in [1.29, 1.82) is 0 Å². The van der Waals surface area contributed by atoms with Crippen LogP contribution in [0.25, 0.3) is 0 Å². The summed E-state index contributed by atoms with van der Waals surface area (Å²) in [5.74, 6) is 0.147. The third-order valence-corrected chi connectivity index (χ3v) is 5.28. The van der Waals surface area contributed by atoms with Crippen molar-refractivity contribution < 1.29 is 9.59 Å². The van der Waals surface area contributed by atoms with Crippen molar-refractivity contribution in [3.8, 4) is 0 Å². The van der Waals surface area contributed by atoms with Gasteiger partial charge in [0.2, 0.25) is 0 Å². The Labute approximate surface area is 171 Å². The van der Waals surface area contributed by atoms with Crippen LogP contribution in [0.5, 0.6) is 0 Å². The van der Waals surface area contributed by atoms with Crippen LogP contribution in [0.15, 0.2) is 48.5 Å². The quantitative estimate of drug-likeness (QED) is 0.792. The van der Waals surface area contributed by atoms with Crippen LogP contribution in [0.3, 0.4) is 0 Å². The van der Waals surface area contributed by atoms with Crippen molar-refractivity contribution in [2.45, 2.75) is 32.2 Å². The SMILES string of the molecule is CCNC(=O)N1CCCC(c2cccc(C(=O)NCc3ccc(Cl)cc3)c2)C1. The molecule has 0 saturated carbocycles. The van der Waals surface area contributed by atoms with Gasteiger partial charge in [-0.05, 0) is 55.2 Å². The Kier molecular flexibility index (Phi) is 6.93. The topological polar surface area (TPSA) is 61.4 Å². The first-order chi connectivity index (χ1) is 13.6. The van der Waals surface area contributed by atoms with E-state index >= 15 is 0 Å². The van der Waals surface area contributed by atoms with E-state index in [0.717, 1.165) is 30.5 Å². The lowest BCUT2D eigenvalue weighted by Gasteiger charge is -2.33. The smallest absolute Gasteiger partial charge is 0.317 e. The molecule has 3 rings (SSSR count). The highest BCUT2D eigenvalue weighted by atomic mass is 35.5. The van der Waals surface area contributed by atoms with Gasteiger partial charge < -0.3 is 15.5 Å². The van der Waals surface area contributed by atoms with Crippen LogP contribution in [-0.4, -0.2) is 36.5 Å². The van der Waals surface area contributed by atoms with Gasteiger partial charge in [-0.15, -0.1) is 0 Å². The number of halogens is 1. The van der Waals surface area contributed by atoms with Crippen LogP contribution in [0.1, 0.15) is 47.2 Å². The summed E-state index contributed by atoms with van der Waals surface area (Å²) in [4.78, 5) is 26.6. The average Bonchev–Trinajstić information content (AvgIpc) is 2.73. The first-order valence-corrected chi connectivity index (χ1v) is 10.1. The minimum absolute atomic E-state index is 0.0101. The fourth-order valence-corrected chi connectivity index (χ4v) is 3.64. The summed E-state index contributed by atoms with van der Waals surface area (Å²) < 4.78 is 0. The highest BCUT2D eigenvalue weighted by molar-refractivity contribution is 6.30. The van der Waals surface area contributed by atoms with E-state index in [9.17, 15) is 9.59 Å². The summed E-state index contributed by atoms with van der Waals surface area (Å²) in [6, 6.07) is 15.1. The molecule has 1 unspecified atom stereocenters. The molecular formula is C22H26ClN3O2. The molecule has 28 heavy (non-hydrogen) atoms. The van der Waals surface area contributed by atoms with Crippen molar-refractivity contribution in [2.75, 3.05) is 19.6 Å². The van der Waals surface area contributed by atoms with E-state index in [1.165, 1.54) is 0 Å². The lowest BCUT2D eigenvalue weighted by Crippen LogP contribution is -2.44. The molecule has 0 bridgehead atoms. The number of benzene rings is 2. The Morgan fingerprint density at radius 1 is 1.14 bits per heavy atom. The highest BCUT2D eigenvalue weighted by Crippen LogP contribution is 2.27. The van der Waals surface area contributed by atoms with Gasteiger partial charge in [-0.1, -0.05) is 35.9 Å². The second kappa shape index (κ2) is 9.60. The Morgan fingerprint density at radius 2 is 1.93 bits per heavy atom. The minimum atomic E-state index is -0.104. The predicted octanol–water partition coefficient (Wildman–Crippen LogP) is 4.18. The molecule has 6 heteroatoms. The van der Waals surface area contributed by atoms with Gasteiger partial charge in [-0.3, -0.25) is 4.79 Å². The van der Waals surface area contributed by atoms with E-state index in [-0.39, 0.29) is 17.9 Å². The number of urea groups is 1. The standard InChI is InChI=1S/C22H26ClN3O2/c1-2-24-22(28)26-12-4-7-19(15-26)17-5-3-6-18(13-17)21(27)25-14-16-8-10-20(23)11-9-16/h3,5-6,8-11,13,19H,2,4,7,12,14-15H2,1H3,(H,24,28)(H,25,27). The van der Waals surface area contributed by atoms with Gasteiger partial charge in [0, 0.05) is 42.7 Å². The largest absolute Gasteiger partial charge is 0.348 e. The van der Waals surface area contributed by atoms with Crippen LogP contribution in [0.4, 0.5) is 4.79 Å². The predicted molar refractivity (Wildman–Crippen MR) is 112 cm³/mol. The lowest BCUT2D eigenvalue weighted by atomic mass is 9.89. The molecule has 1 saturated heterocycles. The maximum Gasteiger partial charge on any atom is 0.317 e. The third-order valence-electron chi connectivity index (χ3n) is 5.02. The molecule has 2 N–H and O–H groups in total. The van der Waals surface area contributed by atoms with Gasteiger partial charge in [0.15, 0.2) is 0 Å². The zero-order valence-electron chi connectivity index (χ0n) is 16.1. The van der Waals surface area contributed by atoms with Gasteiger partial charge in [-0.2, -0.15) is 0 Å². The Bertz CT molecular complexity index is 823. The lowest BCUT2D eigenvalue weighted by molar-refractivity contribution is 0.0950. The Morgan fingerprint density at radius 3 is 2.68 bits per heavy atom. The van der Waals surface area contributed by atoms with Crippen LogP contribution in [0.2, 0.25) is 5.02 Å². The molecule has 1 aliphatic heterocycles. The van der Waals surface area contributed by atoms with Gasteiger partial charge in [0.1, 0.15) is 0 Å². The summed E-state index contributed by atoms with van der Waals surface area (Å²) in [7, 11) is 0. The van der Waals surface area contributed by atoms with E-state index in [4.69, 9.17) is 11.6 Å². The first kappa shape index (κ1) is 20.2. The second-order valence-corrected chi connectivity index (χ2v) is 7.49. The number of hydrogen-bond donors (Lipinski definition) is 2. The molecule has 2 aromatic carbocycles. The fraction of sp³-hybridized carbons (Fsp3) is 0.364. The maximum absolute atomic E-state index is 12.6. The van der Waals surface area contributed by atoms with Gasteiger partial charge in [-0.25, -0.2) is 4.79 Å². The molecule has 0 spiro atoms. The Hall–Kier alpha value is -2.53. The highest BCUT2D eigenvalue weighted by Gasteiger charge is 2.24. The van der Waals surface area contributed by atoms with E-state index in [1.807, 2.05) is 60.4 Å². The van der Waals surface area contributed by atoms with E-state index < -0.39 is 0 Å². The van der Waals surface area contributed by atoms with Crippen LogP contribution in [-0.2, 0) is 6.54 Å². The number of piperidine rings is 1. The average molecular weight is 400 g/mol. The zero-order valence-corrected chi connectivity index (χ0v) is 16.8. The number of hydrogen-bond acceptors (Lipinski definition) is 2.